The maximum absolute atomic E-state index is 13.8. The molecule has 2 aromatic rings. The lowest BCUT2D eigenvalue weighted by molar-refractivity contribution is -0.142. The average Bonchev–Trinajstić information content (AvgIpc) is 3.53. The molecule has 3 amide bonds. The number of likely N-dealkylation sites (tertiary alicyclic amines) is 2. The van der Waals surface area contributed by atoms with Gasteiger partial charge in [0.25, 0.3) is 11.8 Å². The van der Waals surface area contributed by atoms with Crippen LogP contribution < -0.4 is 9.64 Å². The van der Waals surface area contributed by atoms with Crippen LogP contribution in [0.2, 0.25) is 5.02 Å². The van der Waals surface area contributed by atoms with Crippen molar-refractivity contribution in [2.45, 2.75) is 31.2 Å². The van der Waals surface area contributed by atoms with E-state index in [1.807, 2.05) is 35.2 Å². The lowest BCUT2D eigenvalue weighted by atomic mass is 9.85. The number of hydrogen-bond donors (Lipinski definition) is 0. The molecule has 3 aliphatic heterocycles. The molecule has 1 spiro atoms. The molecule has 2 aromatic carbocycles. The predicted molar refractivity (Wildman–Crippen MR) is 137 cm³/mol. The fourth-order valence-corrected chi connectivity index (χ4v) is 5.57. The van der Waals surface area contributed by atoms with Gasteiger partial charge >= 0.3 is 0 Å². The van der Waals surface area contributed by atoms with E-state index in [9.17, 15) is 14.4 Å². The van der Waals surface area contributed by atoms with Crippen LogP contribution >= 0.6 is 11.6 Å². The number of amides is 3. The van der Waals surface area contributed by atoms with Gasteiger partial charge in [-0.1, -0.05) is 29.8 Å². The Bertz CT molecular complexity index is 1100. The molecular weight excluding hydrogens is 480 g/mol. The molecule has 0 saturated carbocycles. The number of benzene rings is 2. The van der Waals surface area contributed by atoms with Crippen LogP contribution in [-0.4, -0.2) is 84.0 Å². The van der Waals surface area contributed by atoms with E-state index in [2.05, 4.69) is 4.90 Å². The minimum absolute atomic E-state index is 0.0119. The van der Waals surface area contributed by atoms with E-state index < -0.39 is 5.54 Å². The van der Waals surface area contributed by atoms with Crippen LogP contribution in [0.5, 0.6) is 5.75 Å². The van der Waals surface area contributed by atoms with E-state index in [0.717, 1.165) is 31.6 Å². The minimum Gasteiger partial charge on any atom is -0.484 e. The van der Waals surface area contributed by atoms with Crippen molar-refractivity contribution in [2.24, 2.45) is 0 Å². The maximum atomic E-state index is 13.8. The summed E-state index contributed by atoms with van der Waals surface area (Å²) in [5.74, 6) is 0.458. The molecule has 0 aliphatic carbocycles. The van der Waals surface area contributed by atoms with Gasteiger partial charge in [-0.3, -0.25) is 14.4 Å². The van der Waals surface area contributed by atoms with E-state index in [-0.39, 0.29) is 30.9 Å². The second-order valence-electron chi connectivity index (χ2n) is 9.65. The normalized spacial score (nSPS) is 19.3. The Hall–Kier alpha value is -3.26. The number of hydrogen-bond acceptors (Lipinski definition) is 5. The summed E-state index contributed by atoms with van der Waals surface area (Å²) < 4.78 is 5.64. The largest absolute Gasteiger partial charge is 0.484 e. The van der Waals surface area contributed by atoms with E-state index in [4.69, 9.17) is 16.3 Å². The Morgan fingerprint density at radius 2 is 1.50 bits per heavy atom. The maximum Gasteiger partial charge on any atom is 0.260 e. The number of ether oxygens (including phenoxy) is 1. The van der Waals surface area contributed by atoms with Crippen LogP contribution in [0.1, 0.15) is 25.7 Å². The van der Waals surface area contributed by atoms with E-state index in [1.165, 1.54) is 0 Å². The van der Waals surface area contributed by atoms with Gasteiger partial charge in [0.1, 0.15) is 17.8 Å². The molecule has 0 aromatic heterocycles. The molecule has 9 heteroatoms. The summed E-state index contributed by atoms with van der Waals surface area (Å²) in [5.41, 5.74) is 0.188. The van der Waals surface area contributed by atoms with Crippen molar-refractivity contribution in [3.8, 4) is 5.75 Å². The SMILES string of the molecule is O=C(COc1ccc(Cl)cc1)N1CCC2(CC1)C(=O)N(CC(=O)N1CCCC1)CN2c1ccccc1. The van der Waals surface area contributed by atoms with Crippen LogP contribution in [0.4, 0.5) is 5.69 Å². The molecule has 3 aliphatic rings. The Morgan fingerprint density at radius 3 is 2.17 bits per heavy atom. The molecule has 36 heavy (non-hydrogen) atoms. The lowest BCUT2D eigenvalue weighted by Gasteiger charge is -2.43. The fraction of sp³-hybridized carbons (Fsp3) is 0.444. The van der Waals surface area contributed by atoms with Gasteiger partial charge in [-0.25, -0.2) is 0 Å². The van der Waals surface area contributed by atoms with Gasteiger partial charge in [0, 0.05) is 36.9 Å². The summed E-state index contributed by atoms with van der Waals surface area (Å²) in [5, 5.41) is 0.607. The Kier molecular flexibility index (Phi) is 7.05. The Labute approximate surface area is 216 Å². The van der Waals surface area contributed by atoms with E-state index in [0.29, 0.717) is 43.4 Å². The summed E-state index contributed by atoms with van der Waals surface area (Å²) in [6.45, 7) is 2.84. The van der Waals surface area contributed by atoms with Crippen molar-refractivity contribution >= 4 is 35.0 Å². The molecule has 0 unspecified atom stereocenters. The van der Waals surface area contributed by atoms with Gasteiger partial charge in [-0.15, -0.1) is 0 Å². The quantitative estimate of drug-likeness (QED) is 0.597. The monoisotopic (exact) mass is 510 g/mol. The molecule has 0 N–H and O–H groups in total. The van der Waals surface area contributed by atoms with Crippen molar-refractivity contribution in [3.63, 3.8) is 0 Å². The zero-order chi connectivity index (χ0) is 25.1. The molecule has 8 nitrogen and oxygen atoms in total. The van der Waals surface area contributed by atoms with Crippen LogP contribution in [0, 0.1) is 0 Å². The molecule has 0 bridgehead atoms. The van der Waals surface area contributed by atoms with E-state index >= 15 is 0 Å². The van der Waals surface area contributed by atoms with Gasteiger partial charge in [0.05, 0.1) is 6.67 Å². The number of carbonyl (C=O) groups excluding carboxylic acids is 3. The smallest absolute Gasteiger partial charge is 0.260 e. The third-order valence-electron chi connectivity index (χ3n) is 7.49. The number of para-hydroxylation sites is 1. The number of anilines is 1. The summed E-state index contributed by atoms with van der Waals surface area (Å²) >= 11 is 5.91. The lowest BCUT2D eigenvalue weighted by Crippen LogP contribution is -2.58. The number of rotatable bonds is 6. The van der Waals surface area contributed by atoms with Crippen molar-refractivity contribution in [1.82, 2.24) is 14.7 Å². The molecule has 190 valence electrons. The highest BCUT2D eigenvalue weighted by Crippen LogP contribution is 2.39. The van der Waals surface area contributed by atoms with Crippen LogP contribution in [0.25, 0.3) is 0 Å². The highest BCUT2D eigenvalue weighted by molar-refractivity contribution is 6.30. The first-order valence-electron chi connectivity index (χ1n) is 12.5. The topological polar surface area (TPSA) is 73.4 Å². The summed E-state index contributed by atoms with van der Waals surface area (Å²) in [6.07, 6.45) is 3.04. The van der Waals surface area contributed by atoms with Gasteiger partial charge in [-0.2, -0.15) is 0 Å². The second-order valence-corrected chi connectivity index (χ2v) is 10.1. The third-order valence-corrected chi connectivity index (χ3v) is 7.74. The Morgan fingerprint density at radius 1 is 0.861 bits per heavy atom. The average molecular weight is 511 g/mol. The molecule has 0 atom stereocenters. The van der Waals surface area contributed by atoms with E-state index in [1.54, 1.807) is 34.1 Å². The van der Waals surface area contributed by atoms with Gasteiger partial charge in [0.15, 0.2) is 6.61 Å². The van der Waals surface area contributed by atoms with Gasteiger partial charge in [-0.05, 0) is 62.1 Å². The van der Waals surface area contributed by atoms with Crippen molar-refractivity contribution in [1.29, 1.82) is 0 Å². The minimum atomic E-state index is -0.763. The van der Waals surface area contributed by atoms with Crippen molar-refractivity contribution in [3.05, 3.63) is 59.6 Å². The van der Waals surface area contributed by atoms with Crippen LogP contribution in [-0.2, 0) is 14.4 Å². The summed E-state index contributed by atoms with van der Waals surface area (Å²) in [6, 6.07) is 16.8. The zero-order valence-corrected chi connectivity index (χ0v) is 21.0. The first-order chi connectivity index (χ1) is 17.5. The van der Waals surface area contributed by atoms with Crippen LogP contribution in [0.15, 0.2) is 54.6 Å². The zero-order valence-electron chi connectivity index (χ0n) is 20.3. The van der Waals surface area contributed by atoms with Crippen molar-refractivity contribution in [2.75, 3.05) is 50.9 Å². The summed E-state index contributed by atoms with van der Waals surface area (Å²) in [7, 11) is 0. The molecule has 3 saturated heterocycles. The number of carbonyl (C=O) groups is 3. The van der Waals surface area contributed by atoms with Gasteiger partial charge < -0.3 is 24.3 Å². The molecule has 5 rings (SSSR count). The van der Waals surface area contributed by atoms with Gasteiger partial charge in [0.2, 0.25) is 5.91 Å². The van der Waals surface area contributed by atoms with Crippen molar-refractivity contribution < 1.29 is 19.1 Å². The third kappa shape index (κ3) is 4.87. The molecule has 3 fully saturated rings. The molecule has 3 heterocycles. The van der Waals surface area contributed by atoms with Crippen LogP contribution in [0.3, 0.4) is 0 Å². The highest BCUT2D eigenvalue weighted by atomic mass is 35.5. The highest BCUT2D eigenvalue weighted by Gasteiger charge is 2.54. The first-order valence-corrected chi connectivity index (χ1v) is 12.9. The molecule has 0 radical (unpaired) electrons. The fourth-order valence-electron chi connectivity index (χ4n) is 5.45. The number of halogens is 1. The standard InChI is InChI=1S/C27H31ClN4O4/c28-21-8-10-23(11-9-21)36-19-25(34)30-16-12-27(13-17-30)26(35)31(18-24(33)29-14-4-5-15-29)20-32(27)22-6-2-1-3-7-22/h1-3,6-11H,4-5,12-20H2. The summed E-state index contributed by atoms with van der Waals surface area (Å²) in [4.78, 5) is 46.9. The number of piperidine rings is 1. The Balaban J connectivity index is 1.27. The second kappa shape index (κ2) is 10.4. The first kappa shape index (κ1) is 24.4. The molecular formula is C27H31ClN4O4. The number of nitrogens with zero attached hydrogens (tertiary/aromatic N) is 4. The predicted octanol–water partition coefficient (Wildman–Crippen LogP) is 3.01.